The lowest BCUT2D eigenvalue weighted by molar-refractivity contribution is 0.449. The molecular weight excluding hydrogens is 242 g/mol. The molecule has 86 valence electrons. The van der Waals surface area contributed by atoms with Crippen molar-refractivity contribution in [1.82, 2.24) is 19.9 Å². The number of hydrogen-bond acceptors (Lipinski definition) is 6. The third-order valence-electron chi connectivity index (χ3n) is 1.82. The van der Waals surface area contributed by atoms with Crippen LogP contribution in [-0.4, -0.2) is 31.3 Å². The molecule has 0 amide bonds. The van der Waals surface area contributed by atoms with Gasteiger partial charge in [0.1, 0.15) is 5.56 Å². The zero-order valence-electron chi connectivity index (χ0n) is 8.41. The van der Waals surface area contributed by atoms with Crippen molar-refractivity contribution in [1.29, 1.82) is 0 Å². The smallest absolute Gasteiger partial charge is 0.264 e. The molecule has 0 aliphatic carbocycles. The normalized spacial score (nSPS) is 10.8. The van der Waals surface area contributed by atoms with E-state index in [0.717, 1.165) is 6.21 Å². The number of aromatic amines is 2. The standard InChI is InChI=1S/C9H7N5O2S/c15-6-5(7(16)14-9(17)13-6)4-12-8-10-2-1-3-11-8/h1-4H,(H3,13,14,15,16,17)/b12-4+. The molecule has 0 spiro atoms. The highest BCUT2D eigenvalue weighted by molar-refractivity contribution is 7.71. The maximum absolute atomic E-state index is 11.4. The number of aromatic hydroxyl groups is 1. The number of hydrogen-bond donors (Lipinski definition) is 3. The number of nitrogens with zero attached hydrogens (tertiary/aromatic N) is 3. The van der Waals surface area contributed by atoms with Crippen molar-refractivity contribution in [3.63, 3.8) is 0 Å². The van der Waals surface area contributed by atoms with Crippen molar-refractivity contribution >= 4 is 24.4 Å². The Bertz CT molecular complexity index is 661. The first-order chi connectivity index (χ1) is 8.16. The zero-order valence-corrected chi connectivity index (χ0v) is 9.23. The van der Waals surface area contributed by atoms with Gasteiger partial charge in [0.15, 0.2) is 4.77 Å². The van der Waals surface area contributed by atoms with Crippen LogP contribution in [0.4, 0.5) is 5.95 Å². The SMILES string of the molecule is O=c1[nH]c(=S)[nH]c(O)c1/C=N/c1ncccn1. The highest BCUT2D eigenvalue weighted by Gasteiger charge is 2.04. The molecule has 0 unspecified atom stereocenters. The first-order valence-corrected chi connectivity index (χ1v) is 4.94. The van der Waals surface area contributed by atoms with Crippen molar-refractivity contribution in [3.05, 3.63) is 39.1 Å². The molecule has 17 heavy (non-hydrogen) atoms. The van der Waals surface area contributed by atoms with Crippen LogP contribution in [0.1, 0.15) is 5.56 Å². The van der Waals surface area contributed by atoms with Crippen LogP contribution >= 0.6 is 12.2 Å². The first-order valence-electron chi connectivity index (χ1n) is 4.53. The molecule has 0 aliphatic heterocycles. The minimum atomic E-state index is -0.536. The molecule has 0 radical (unpaired) electrons. The summed E-state index contributed by atoms with van der Waals surface area (Å²) in [6.45, 7) is 0. The van der Waals surface area contributed by atoms with E-state index < -0.39 is 5.56 Å². The third-order valence-corrected chi connectivity index (χ3v) is 2.02. The van der Waals surface area contributed by atoms with E-state index in [0.29, 0.717) is 0 Å². The van der Waals surface area contributed by atoms with E-state index in [1.165, 1.54) is 12.4 Å². The number of nitrogens with one attached hydrogen (secondary N) is 2. The van der Waals surface area contributed by atoms with E-state index in [4.69, 9.17) is 0 Å². The molecule has 2 heterocycles. The van der Waals surface area contributed by atoms with Crippen molar-refractivity contribution in [3.8, 4) is 5.88 Å². The van der Waals surface area contributed by atoms with E-state index in [9.17, 15) is 9.90 Å². The van der Waals surface area contributed by atoms with Crippen molar-refractivity contribution < 1.29 is 5.11 Å². The summed E-state index contributed by atoms with van der Waals surface area (Å²) in [5.41, 5.74) is -0.572. The number of aromatic nitrogens is 4. The molecule has 0 atom stereocenters. The summed E-state index contributed by atoms with van der Waals surface area (Å²) in [5, 5.41) is 9.48. The predicted molar refractivity (Wildman–Crippen MR) is 63.2 cm³/mol. The van der Waals surface area contributed by atoms with Gasteiger partial charge in [0.2, 0.25) is 11.8 Å². The molecule has 7 nitrogen and oxygen atoms in total. The fourth-order valence-electron chi connectivity index (χ4n) is 1.08. The Morgan fingerprint density at radius 1 is 1.35 bits per heavy atom. The second-order valence-electron chi connectivity index (χ2n) is 2.98. The molecule has 0 aliphatic rings. The number of aliphatic imine (C=N–C) groups is 1. The minimum absolute atomic E-state index is 0.0361. The number of H-pyrrole nitrogens is 2. The Kier molecular flexibility index (Phi) is 3.06. The summed E-state index contributed by atoms with van der Waals surface area (Å²) in [4.78, 5) is 27.7. The lowest BCUT2D eigenvalue weighted by Crippen LogP contribution is -2.13. The lowest BCUT2D eigenvalue weighted by Gasteiger charge is -1.96. The third kappa shape index (κ3) is 2.61. The van der Waals surface area contributed by atoms with Gasteiger partial charge in [0, 0.05) is 18.6 Å². The topological polar surface area (TPSA) is 107 Å². The molecule has 2 aromatic rings. The Labute approximate surface area is 99.9 Å². The second-order valence-corrected chi connectivity index (χ2v) is 3.39. The first kappa shape index (κ1) is 11.1. The zero-order chi connectivity index (χ0) is 12.3. The Morgan fingerprint density at radius 3 is 2.71 bits per heavy atom. The van der Waals surface area contributed by atoms with Gasteiger partial charge in [-0.2, -0.15) is 0 Å². The average molecular weight is 249 g/mol. The van der Waals surface area contributed by atoms with E-state index in [1.54, 1.807) is 6.07 Å². The number of rotatable bonds is 2. The van der Waals surface area contributed by atoms with Gasteiger partial charge >= 0.3 is 0 Å². The van der Waals surface area contributed by atoms with Gasteiger partial charge in [0.05, 0.1) is 0 Å². The molecule has 0 saturated carbocycles. The molecule has 0 aromatic carbocycles. The maximum Gasteiger partial charge on any atom is 0.264 e. The van der Waals surface area contributed by atoms with Crippen LogP contribution in [0.2, 0.25) is 0 Å². The van der Waals surface area contributed by atoms with E-state index in [-0.39, 0.29) is 22.2 Å². The fraction of sp³-hybridized carbons (Fsp3) is 0. The largest absolute Gasteiger partial charge is 0.494 e. The van der Waals surface area contributed by atoms with Gasteiger partial charge in [-0.25, -0.2) is 15.0 Å². The Morgan fingerprint density at radius 2 is 2.06 bits per heavy atom. The monoisotopic (exact) mass is 249 g/mol. The lowest BCUT2D eigenvalue weighted by atomic mass is 10.3. The van der Waals surface area contributed by atoms with Crippen molar-refractivity contribution in [2.75, 3.05) is 0 Å². The molecule has 0 saturated heterocycles. The summed E-state index contributed by atoms with van der Waals surface area (Å²) >= 11 is 4.68. The van der Waals surface area contributed by atoms with Crippen LogP contribution in [-0.2, 0) is 0 Å². The van der Waals surface area contributed by atoms with Crippen LogP contribution in [0.25, 0.3) is 0 Å². The van der Waals surface area contributed by atoms with E-state index >= 15 is 0 Å². The van der Waals surface area contributed by atoms with Crippen molar-refractivity contribution in [2.24, 2.45) is 4.99 Å². The predicted octanol–water partition coefficient (Wildman–Crippen LogP) is 0.679. The quantitative estimate of drug-likeness (QED) is 0.536. The maximum atomic E-state index is 11.4. The van der Waals surface area contributed by atoms with Crippen molar-refractivity contribution in [2.45, 2.75) is 0 Å². The van der Waals surface area contributed by atoms with E-state index in [1.807, 2.05) is 0 Å². The average Bonchev–Trinajstić information content (AvgIpc) is 2.29. The van der Waals surface area contributed by atoms with Gasteiger partial charge in [0.25, 0.3) is 5.56 Å². The molecule has 0 bridgehead atoms. The van der Waals surface area contributed by atoms with Gasteiger partial charge in [-0.1, -0.05) is 0 Å². The van der Waals surface area contributed by atoms with E-state index in [2.05, 4.69) is 37.1 Å². The van der Waals surface area contributed by atoms with Gasteiger partial charge in [-0.05, 0) is 18.3 Å². The van der Waals surface area contributed by atoms with Crippen LogP contribution < -0.4 is 5.56 Å². The molecule has 3 N–H and O–H groups in total. The van der Waals surface area contributed by atoms with Gasteiger partial charge in [-0.15, -0.1) is 0 Å². The van der Waals surface area contributed by atoms with Crippen LogP contribution in [0.5, 0.6) is 5.88 Å². The highest BCUT2D eigenvalue weighted by Crippen LogP contribution is 2.06. The summed E-state index contributed by atoms with van der Waals surface area (Å²) in [6.07, 6.45) is 4.19. The summed E-state index contributed by atoms with van der Waals surface area (Å²) in [6, 6.07) is 1.64. The molecule has 2 rings (SSSR count). The van der Waals surface area contributed by atoms with Crippen LogP contribution in [0, 0.1) is 4.77 Å². The molecule has 2 aromatic heterocycles. The Balaban J connectivity index is 2.41. The van der Waals surface area contributed by atoms with Crippen LogP contribution in [0.3, 0.4) is 0 Å². The summed E-state index contributed by atoms with van der Waals surface area (Å²) in [7, 11) is 0. The van der Waals surface area contributed by atoms with Gasteiger partial charge in [-0.3, -0.25) is 9.78 Å². The fourth-order valence-corrected chi connectivity index (χ4v) is 1.27. The summed E-state index contributed by atoms with van der Waals surface area (Å²) in [5.74, 6) is -0.160. The summed E-state index contributed by atoms with van der Waals surface area (Å²) < 4.78 is 0.0422. The highest BCUT2D eigenvalue weighted by atomic mass is 32.1. The minimum Gasteiger partial charge on any atom is -0.494 e. The second kappa shape index (κ2) is 4.66. The molecule has 0 fully saturated rings. The molecular formula is C9H7N5O2S. The van der Waals surface area contributed by atoms with Gasteiger partial charge < -0.3 is 10.1 Å². The Hall–Kier alpha value is -2.35. The van der Waals surface area contributed by atoms with Crippen LogP contribution in [0.15, 0.2) is 28.2 Å². The molecule has 8 heteroatoms.